The number of nitrogens with one attached hydrogen (secondary N) is 1. The predicted molar refractivity (Wildman–Crippen MR) is 122 cm³/mol. The lowest BCUT2D eigenvalue weighted by Gasteiger charge is -2.15. The molecule has 0 unspecified atom stereocenters. The summed E-state index contributed by atoms with van der Waals surface area (Å²) in [5.41, 5.74) is 4.35. The topological polar surface area (TPSA) is 84.3 Å². The number of hydrogen-bond donors (Lipinski definition) is 1. The number of aromatic nitrogens is 2. The molecular formula is C22H25ClN4O3S. The number of rotatable bonds is 6. The average Bonchev–Trinajstić information content (AvgIpc) is 2.98. The van der Waals surface area contributed by atoms with Gasteiger partial charge in [0.1, 0.15) is 4.90 Å². The molecule has 3 rings (SSSR count). The highest BCUT2D eigenvalue weighted by molar-refractivity contribution is 7.89. The Labute approximate surface area is 187 Å². The lowest BCUT2D eigenvalue weighted by molar-refractivity contribution is -0.115. The quantitative estimate of drug-likeness (QED) is 0.605. The van der Waals surface area contributed by atoms with Gasteiger partial charge in [-0.05, 0) is 50.6 Å². The number of halogens is 1. The molecule has 1 N–H and O–H groups in total. The summed E-state index contributed by atoms with van der Waals surface area (Å²) in [4.78, 5) is 12.9. The van der Waals surface area contributed by atoms with Crippen molar-refractivity contribution >= 4 is 33.2 Å². The van der Waals surface area contributed by atoms with Gasteiger partial charge in [0, 0.05) is 30.4 Å². The third-order valence-electron chi connectivity index (χ3n) is 5.10. The first-order valence-electron chi connectivity index (χ1n) is 9.65. The van der Waals surface area contributed by atoms with E-state index in [1.54, 1.807) is 22.9 Å². The Balaban J connectivity index is 1.88. The van der Waals surface area contributed by atoms with Crippen LogP contribution >= 0.6 is 11.6 Å². The summed E-state index contributed by atoms with van der Waals surface area (Å²) in [6, 6.07) is 12.0. The lowest BCUT2D eigenvalue weighted by Crippen LogP contribution is -2.24. The number of hydrogen-bond acceptors (Lipinski definition) is 4. The van der Waals surface area contributed by atoms with E-state index in [-0.39, 0.29) is 22.9 Å². The van der Waals surface area contributed by atoms with E-state index in [1.165, 1.54) is 20.2 Å². The minimum atomic E-state index is -3.69. The lowest BCUT2D eigenvalue weighted by atomic mass is 10.1. The van der Waals surface area contributed by atoms with E-state index >= 15 is 0 Å². The highest BCUT2D eigenvalue weighted by Gasteiger charge is 2.23. The van der Waals surface area contributed by atoms with Crippen molar-refractivity contribution in [1.29, 1.82) is 0 Å². The van der Waals surface area contributed by atoms with Crippen LogP contribution in [0.3, 0.4) is 0 Å². The molecule has 0 spiro atoms. The van der Waals surface area contributed by atoms with E-state index in [0.717, 1.165) is 32.5 Å². The van der Waals surface area contributed by atoms with Gasteiger partial charge in [-0.1, -0.05) is 29.8 Å². The second-order valence-electron chi connectivity index (χ2n) is 7.50. The molecule has 1 heterocycles. The summed E-state index contributed by atoms with van der Waals surface area (Å²) < 4.78 is 28.0. The van der Waals surface area contributed by atoms with Gasteiger partial charge in [0.25, 0.3) is 0 Å². The number of carbonyl (C=O) groups excluding carboxylic acids is 1. The number of nitrogens with zero attached hydrogens (tertiary/aromatic N) is 3. The van der Waals surface area contributed by atoms with E-state index in [1.807, 2.05) is 39.0 Å². The highest BCUT2D eigenvalue weighted by atomic mass is 35.5. The zero-order valence-electron chi connectivity index (χ0n) is 18.1. The normalized spacial score (nSPS) is 11.7. The van der Waals surface area contributed by atoms with Gasteiger partial charge in [0.05, 0.1) is 23.5 Å². The molecule has 0 atom stereocenters. The number of amides is 1. The molecule has 0 aliphatic heterocycles. The SMILES string of the molecule is Cc1ccc(-n2nc(C)c(CC(=O)Nc3ccccc3S(=O)(=O)N(C)C)c2C)cc1Cl. The van der Waals surface area contributed by atoms with Crippen LogP contribution in [0.25, 0.3) is 5.69 Å². The number of benzene rings is 2. The predicted octanol–water partition coefficient (Wildman–Crippen LogP) is 3.88. The van der Waals surface area contributed by atoms with Crippen molar-refractivity contribution in [3.63, 3.8) is 0 Å². The van der Waals surface area contributed by atoms with E-state index < -0.39 is 10.0 Å². The molecule has 0 bridgehead atoms. The second kappa shape index (κ2) is 8.82. The van der Waals surface area contributed by atoms with Gasteiger partial charge < -0.3 is 5.32 Å². The molecule has 0 aliphatic carbocycles. The molecule has 2 aromatic carbocycles. The Morgan fingerprint density at radius 2 is 1.81 bits per heavy atom. The summed E-state index contributed by atoms with van der Waals surface area (Å²) in [5.74, 6) is -0.325. The average molecular weight is 461 g/mol. The Bertz CT molecular complexity index is 1250. The van der Waals surface area contributed by atoms with Crippen LogP contribution in [-0.2, 0) is 21.2 Å². The van der Waals surface area contributed by atoms with E-state index in [9.17, 15) is 13.2 Å². The van der Waals surface area contributed by atoms with Crippen molar-refractivity contribution in [1.82, 2.24) is 14.1 Å². The van der Waals surface area contributed by atoms with Crippen molar-refractivity contribution in [3.05, 3.63) is 70.0 Å². The number of aryl methyl sites for hydroxylation is 2. The number of carbonyl (C=O) groups is 1. The van der Waals surface area contributed by atoms with Crippen molar-refractivity contribution in [2.24, 2.45) is 0 Å². The van der Waals surface area contributed by atoms with Crippen molar-refractivity contribution in [2.45, 2.75) is 32.1 Å². The van der Waals surface area contributed by atoms with Gasteiger partial charge in [0.2, 0.25) is 15.9 Å². The zero-order valence-corrected chi connectivity index (χ0v) is 19.7. The van der Waals surface area contributed by atoms with Crippen LogP contribution in [-0.4, -0.2) is 42.5 Å². The van der Waals surface area contributed by atoms with Gasteiger partial charge in [-0.25, -0.2) is 17.4 Å². The van der Waals surface area contributed by atoms with Crippen LogP contribution in [0.2, 0.25) is 5.02 Å². The largest absolute Gasteiger partial charge is 0.325 e. The maximum Gasteiger partial charge on any atom is 0.244 e. The Hall–Kier alpha value is -2.68. The zero-order chi connectivity index (χ0) is 22.9. The summed E-state index contributed by atoms with van der Waals surface area (Å²) in [7, 11) is -0.791. The Morgan fingerprint density at radius 1 is 1.13 bits per heavy atom. The number of sulfonamides is 1. The molecule has 0 radical (unpaired) electrons. The second-order valence-corrected chi connectivity index (χ2v) is 10.0. The third kappa shape index (κ3) is 4.66. The molecule has 1 amide bonds. The van der Waals surface area contributed by atoms with Crippen LogP contribution in [0.4, 0.5) is 5.69 Å². The minimum Gasteiger partial charge on any atom is -0.325 e. The first-order chi connectivity index (χ1) is 14.5. The minimum absolute atomic E-state index is 0.0480. The van der Waals surface area contributed by atoms with Crippen molar-refractivity contribution < 1.29 is 13.2 Å². The van der Waals surface area contributed by atoms with Crippen molar-refractivity contribution in [2.75, 3.05) is 19.4 Å². The van der Waals surface area contributed by atoms with Gasteiger partial charge in [-0.3, -0.25) is 4.79 Å². The molecule has 164 valence electrons. The molecular weight excluding hydrogens is 436 g/mol. The van der Waals surface area contributed by atoms with Gasteiger partial charge in [0.15, 0.2) is 0 Å². The smallest absolute Gasteiger partial charge is 0.244 e. The van der Waals surface area contributed by atoms with Crippen LogP contribution in [0.1, 0.15) is 22.5 Å². The fourth-order valence-electron chi connectivity index (χ4n) is 3.24. The summed E-state index contributed by atoms with van der Waals surface area (Å²) in [6.45, 7) is 5.66. The molecule has 9 heteroatoms. The van der Waals surface area contributed by atoms with Crippen LogP contribution in [0, 0.1) is 20.8 Å². The molecule has 3 aromatic rings. The Kier molecular flexibility index (Phi) is 6.54. The first kappa shape index (κ1) is 23.0. The molecule has 0 aliphatic rings. The van der Waals surface area contributed by atoms with E-state index in [0.29, 0.717) is 5.02 Å². The maximum atomic E-state index is 12.8. The molecule has 0 saturated heterocycles. The Morgan fingerprint density at radius 3 is 2.45 bits per heavy atom. The monoisotopic (exact) mass is 460 g/mol. The van der Waals surface area contributed by atoms with E-state index in [2.05, 4.69) is 10.4 Å². The van der Waals surface area contributed by atoms with Gasteiger partial charge >= 0.3 is 0 Å². The van der Waals surface area contributed by atoms with Crippen LogP contribution in [0.15, 0.2) is 47.4 Å². The molecule has 0 saturated carbocycles. The van der Waals surface area contributed by atoms with Gasteiger partial charge in [-0.15, -0.1) is 0 Å². The molecule has 0 fully saturated rings. The summed E-state index contributed by atoms with van der Waals surface area (Å²) in [5, 5.41) is 7.95. The van der Waals surface area contributed by atoms with E-state index in [4.69, 9.17) is 11.6 Å². The fraction of sp³-hybridized carbons (Fsp3) is 0.273. The molecule has 31 heavy (non-hydrogen) atoms. The highest BCUT2D eigenvalue weighted by Crippen LogP contribution is 2.25. The molecule has 7 nitrogen and oxygen atoms in total. The summed E-state index contributed by atoms with van der Waals surface area (Å²) >= 11 is 6.25. The number of anilines is 1. The van der Waals surface area contributed by atoms with Gasteiger partial charge in [-0.2, -0.15) is 5.10 Å². The third-order valence-corrected chi connectivity index (χ3v) is 7.38. The standard InChI is InChI=1S/C22H25ClN4O3S/c1-14-10-11-17(12-19(14)23)27-16(3)18(15(2)25-27)13-22(28)24-20-8-6-7-9-21(20)31(29,30)26(4)5/h6-12H,13H2,1-5H3,(H,24,28). The first-order valence-corrected chi connectivity index (χ1v) is 11.5. The maximum absolute atomic E-state index is 12.8. The fourth-order valence-corrected chi connectivity index (χ4v) is 4.46. The number of para-hydroxylation sites is 1. The summed E-state index contributed by atoms with van der Waals surface area (Å²) in [6.07, 6.45) is 0.0631. The van der Waals surface area contributed by atoms with Crippen LogP contribution < -0.4 is 5.32 Å². The van der Waals surface area contributed by atoms with Crippen molar-refractivity contribution in [3.8, 4) is 5.69 Å². The van der Waals surface area contributed by atoms with Crippen LogP contribution in [0.5, 0.6) is 0 Å². The molecule has 1 aromatic heterocycles.